The molecule has 0 radical (unpaired) electrons. The second kappa shape index (κ2) is 8.18. The lowest BCUT2D eigenvalue weighted by Crippen LogP contribution is -2.29. The van der Waals surface area contributed by atoms with Crippen LogP contribution in [0.3, 0.4) is 0 Å². The van der Waals surface area contributed by atoms with Crippen molar-refractivity contribution < 1.29 is 0 Å². The van der Waals surface area contributed by atoms with Crippen molar-refractivity contribution in [2.24, 2.45) is 5.92 Å². The van der Waals surface area contributed by atoms with Gasteiger partial charge in [-0.2, -0.15) is 0 Å². The van der Waals surface area contributed by atoms with Gasteiger partial charge in [-0.05, 0) is 51.8 Å². The van der Waals surface area contributed by atoms with Gasteiger partial charge in [0.2, 0.25) is 0 Å². The quantitative estimate of drug-likeness (QED) is 0.737. The Kier molecular flexibility index (Phi) is 6.90. The van der Waals surface area contributed by atoms with Gasteiger partial charge in [0.15, 0.2) is 0 Å². The molecule has 21 heavy (non-hydrogen) atoms. The number of likely N-dealkylation sites (N-methyl/N-ethyl adjacent to an activating group) is 1. The molecule has 0 spiro atoms. The summed E-state index contributed by atoms with van der Waals surface area (Å²) in [5, 5.41) is 3.55. The highest BCUT2D eigenvalue weighted by Crippen LogP contribution is 2.23. The highest BCUT2D eigenvalue weighted by molar-refractivity contribution is 5.52. The average Bonchev–Trinajstić information content (AvgIpc) is 2.37. The summed E-state index contributed by atoms with van der Waals surface area (Å²) in [4.78, 5) is 7.11. The van der Waals surface area contributed by atoms with E-state index < -0.39 is 0 Å². The lowest BCUT2D eigenvalue weighted by atomic mass is 10.1. The van der Waals surface area contributed by atoms with Crippen LogP contribution in [0.1, 0.15) is 44.5 Å². The molecule has 0 amide bonds. The van der Waals surface area contributed by atoms with E-state index in [4.69, 9.17) is 4.98 Å². The molecule has 0 saturated heterocycles. The van der Waals surface area contributed by atoms with Crippen LogP contribution >= 0.6 is 0 Å². The minimum atomic E-state index is 0.657. The molecule has 0 fully saturated rings. The summed E-state index contributed by atoms with van der Waals surface area (Å²) in [7, 11) is 0. The largest absolute Gasteiger partial charge is 0.353 e. The van der Waals surface area contributed by atoms with Crippen molar-refractivity contribution in [3.63, 3.8) is 0 Å². The predicted molar refractivity (Wildman–Crippen MR) is 93.0 cm³/mol. The van der Waals surface area contributed by atoms with Crippen molar-refractivity contribution in [1.82, 2.24) is 10.3 Å². The minimum Gasteiger partial charge on any atom is -0.353 e. The van der Waals surface area contributed by atoms with Gasteiger partial charge in [-0.1, -0.05) is 26.0 Å². The molecule has 118 valence electrons. The fourth-order valence-electron chi connectivity index (χ4n) is 2.47. The van der Waals surface area contributed by atoms with Crippen LogP contribution in [-0.2, 0) is 6.54 Å². The van der Waals surface area contributed by atoms with Gasteiger partial charge < -0.3 is 10.2 Å². The predicted octanol–water partition coefficient (Wildman–Crippen LogP) is 3.85. The normalized spacial score (nSPS) is 11.0. The number of nitrogens with one attached hydrogen (secondary N) is 1. The Hall–Kier alpha value is -1.35. The molecule has 0 aliphatic rings. The SMILES string of the molecule is C=C(C)CN(CC)c1nc(C)cc(C)c1CNCC(C)C. The van der Waals surface area contributed by atoms with E-state index in [0.29, 0.717) is 5.92 Å². The molecule has 0 aromatic carbocycles. The van der Waals surface area contributed by atoms with Gasteiger partial charge in [-0.15, -0.1) is 0 Å². The highest BCUT2D eigenvalue weighted by atomic mass is 15.2. The molecule has 0 bridgehead atoms. The van der Waals surface area contributed by atoms with Crippen molar-refractivity contribution >= 4 is 5.82 Å². The van der Waals surface area contributed by atoms with Crippen LogP contribution < -0.4 is 10.2 Å². The monoisotopic (exact) mass is 289 g/mol. The van der Waals surface area contributed by atoms with Crippen LogP contribution in [0, 0.1) is 19.8 Å². The average molecular weight is 289 g/mol. The molecule has 1 heterocycles. The highest BCUT2D eigenvalue weighted by Gasteiger charge is 2.14. The molecule has 1 aromatic rings. The van der Waals surface area contributed by atoms with Crippen LogP contribution in [0.15, 0.2) is 18.2 Å². The van der Waals surface area contributed by atoms with E-state index in [9.17, 15) is 0 Å². The number of hydrogen-bond donors (Lipinski definition) is 1. The van der Waals surface area contributed by atoms with Crippen LogP contribution in [0.25, 0.3) is 0 Å². The third kappa shape index (κ3) is 5.50. The second-order valence-corrected chi connectivity index (χ2v) is 6.38. The molecular formula is C18H31N3. The van der Waals surface area contributed by atoms with Crippen molar-refractivity contribution in [3.8, 4) is 0 Å². The summed E-state index contributed by atoms with van der Waals surface area (Å²) in [6, 6.07) is 2.17. The maximum atomic E-state index is 4.80. The Balaban J connectivity index is 3.06. The van der Waals surface area contributed by atoms with Gasteiger partial charge in [-0.25, -0.2) is 4.98 Å². The summed E-state index contributed by atoms with van der Waals surface area (Å²) in [6.07, 6.45) is 0. The molecule has 0 atom stereocenters. The number of rotatable bonds is 8. The van der Waals surface area contributed by atoms with E-state index in [1.165, 1.54) is 16.7 Å². The number of nitrogens with zero attached hydrogens (tertiary/aromatic N) is 2. The lowest BCUT2D eigenvalue weighted by Gasteiger charge is -2.26. The third-order valence-electron chi connectivity index (χ3n) is 3.45. The van der Waals surface area contributed by atoms with E-state index in [1.807, 2.05) is 0 Å². The van der Waals surface area contributed by atoms with Gasteiger partial charge in [0.1, 0.15) is 5.82 Å². The first-order valence-electron chi connectivity index (χ1n) is 7.92. The Morgan fingerprint density at radius 3 is 2.57 bits per heavy atom. The van der Waals surface area contributed by atoms with E-state index in [1.54, 1.807) is 0 Å². The smallest absolute Gasteiger partial charge is 0.133 e. The second-order valence-electron chi connectivity index (χ2n) is 6.38. The zero-order valence-corrected chi connectivity index (χ0v) is 14.6. The zero-order chi connectivity index (χ0) is 16.0. The lowest BCUT2D eigenvalue weighted by molar-refractivity contribution is 0.550. The van der Waals surface area contributed by atoms with Gasteiger partial charge in [0.25, 0.3) is 0 Å². The van der Waals surface area contributed by atoms with Crippen LogP contribution in [0.4, 0.5) is 5.82 Å². The molecule has 0 aliphatic heterocycles. The summed E-state index contributed by atoms with van der Waals surface area (Å²) >= 11 is 0. The van der Waals surface area contributed by atoms with Crippen molar-refractivity contribution in [1.29, 1.82) is 0 Å². The van der Waals surface area contributed by atoms with Crippen LogP contribution in [0.2, 0.25) is 0 Å². The number of anilines is 1. The summed E-state index contributed by atoms with van der Waals surface area (Å²) in [6.45, 7) is 20.7. The Labute approximate surface area is 130 Å². The topological polar surface area (TPSA) is 28.2 Å². The van der Waals surface area contributed by atoms with E-state index >= 15 is 0 Å². The summed E-state index contributed by atoms with van der Waals surface area (Å²) in [5.41, 5.74) is 4.87. The summed E-state index contributed by atoms with van der Waals surface area (Å²) in [5.74, 6) is 1.76. The van der Waals surface area contributed by atoms with E-state index in [2.05, 4.69) is 64.4 Å². The van der Waals surface area contributed by atoms with Gasteiger partial charge in [0.05, 0.1) is 0 Å². The first-order valence-corrected chi connectivity index (χ1v) is 7.92. The minimum absolute atomic E-state index is 0.657. The Bertz CT molecular complexity index is 478. The van der Waals surface area contributed by atoms with Gasteiger partial charge in [-0.3, -0.25) is 0 Å². The number of hydrogen-bond acceptors (Lipinski definition) is 3. The molecule has 0 unspecified atom stereocenters. The number of aryl methyl sites for hydroxylation is 2. The molecule has 0 saturated carbocycles. The standard InChI is InChI=1S/C18H31N3/c1-8-21(12-14(4)5)18-17(11-19-10-13(2)3)15(6)9-16(7)20-18/h9,13,19H,4,8,10-12H2,1-3,5-7H3. The summed E-state index contributed by atoms with van der Waals surface area (Å²) < 4.78 is 0. The Morgan fingerprint density at radius 1 is 1.38 bits per heavy atom. The van der Waals surface area contributed by atoms with E-state index in [-0.39, 0.29) is 0 Å². The van der Waals surface area contributed by atoms with Crippen molar-refractivity contribution in [2.45, 2.75) is 48.1 Å². The molecule has 1 N–H and O–H groups in total. The van der Waals surface area contributed by atoms with Crippen LogP contribution in [-0.4, -0.2) is 24.6 Å². The first-order chi connectivity index (χ1) is 9.85. The van der Waals surface area contributed by atoms with Crippen LogP contribution in [0.5, 0.6) is 0 Å². The maximum Gasteiger partial charge on any atom is 0.133 e. The molecule has 3 heteroatoms. The zero-order valence-electron chi connectivity index (χ0n) is 14.6. The van der Waals surface area contributed by atoms with Crippen molar-refractivity contribution in [2.75, 3.05) is 24.5 Å². The van der Waals surface area contributed by atoms with Gasteiger partial charge >= 0.3 is 0 Å². The fraction of sp³-hybridized carbons (Fsp3) is 0.611. The Morgan fingerprint density at radius 2 is 2.05 bits per heavy atom. The van der Waals surface area contributed by atoms with E-state index in [0.717, 1.165) is 37.7 Å². The molecule has 1 aromatic heterocycles. The third-order valence-corrected chi connectivity index (χ3v) is 3.45. The number of pyridine rings is 1. The molecule has 1 rings (SSSR count). The molecular weight excluding hydrogens is 258 g/mol. The molecule has 3 nitrogen and oxygen atoms in total. The number of aromatic nitrogens is 1. The van der Waals surface area contributed by atoms with Gasteiger partial charge in [0, 0.05) is 30.9 Å². The van der Waals surface area contributed by atoms with Crippen molar-refractivity contribution in [3.05, 3.63) is 35.0 Å². The fourth-order valence-corrected chi connectivity index (χ4v) is 2.47. The first kappa shape index (κ1) is 17.7. The maximum absolute atomic E-state index is 4.80. The molecule has 0 aliphatic carbocycles.